The van der Waals surface area contributed by atoms with E-state index in [-0.39, 0.29) is 22.6 Å². The molecule has 3 heterocycles. The van der Waals surface area contributed by atoms with E-state index in [0.717, 1.165) is 23.4 Å². The second-order valence-corrected chi connectivity index (χ2v) is 12.2. The first kappa shape index (κ1) is 33.2. The summed E-state index contributed by atoms with van der Waals surface area (Å²) in [5.41, 5.74) is 3.89. The number of allylic oxidation sites excluding steroid dienone is 1. The summed E-state index contributed by atoms with van der Waals surface area (Å²) in [6.07, 6.45) is 4.58. The van der Waals surface area contributed by atoms with Gasteiger partial charge in [-0.2, -0.15) is 5.10 Å². The monoisotopic (exact) mass is 678 g/mol. The van der Waals surface area contributed by atoms with Gasteiger partial charge in [-0.15, -0.1) is 0 Å². The van der Waals surface area contributed by atoms with Gasteiger partial charge in [-0.05, 0) is 73.5 Å². The molecule has 3 aromatic carbocycles. The molecule has 0 fully saturated rings. The lowest BCUT2D eigenvalue weighted by Crippen LogP contribution is -2.39. The number of hydrogen-bond donors (Lipinski definition) is 0. The Morgan fingerprint density at radius 1 is 1.00 bits per heavy atom. The second kappa shape index (κ2) is 14.2. The van der Waals surface area contributed by atoms with Gasteiger partial charge < -0.3 is 18.9 Å². The van der Waals surface area contributed by atoms with Gasteiger partial charge in [0.05, 0.1) is 48.4 Å². The van der Waals surface area contributed by atoms with E-state index in [1.165, 1.54) is 37.0 Å². The molecule has 0 unspecified atom stereocenters. The van der Waals surface area contributed by atoms with Crippen molar-refractivity contribution in [1.82, 2.24) is 14.3 Å². The quantitative estimate of drug-likeness (QED) is 0.150. The van der Waals surface area contributed by atoms with Crippen LogP contribution in [0, 0.1) is 0 Å². The van der Waals surface area contributed by atoms with E-state index < -0.39 is 18.0 Å². The fourth-order valence-electron chi connectivity index (χ4n) is 5.60. The Bertz CT molecular complexity index is 2250. The summed E-state index contributed by atoms with van der Waals surface area (Å²) in [6, 6.07) is 21.4. The lowest BCUT2D eigenvalue weighted by molar-refractivity contribution is -0.136. The fraction of sp³-hybridized carbons (Fsp3) is 0.216. The topological polar surface area (TPSA) is 123 Å². The van der Waals surface area contributed by atoms with Crippen molar-refractivity contribution in [2.45, 2.75) is 33.2 Å². The molecular formula is C37H34N4O7S. The Labute approximate surface area is 286 Å². The summed E-state index contributed by atoms with van der Waals surface area (Å²) in [6.45, 7) is 5.67. The SMILES string of the molecule is CCCOc1ccc(-c2nn(-c3ccccc3)cc2/C=c2/sc3n(c2=O)[C@H](c2ccc(OC(C)=O)c(OC)c2)C(C(=O)OC)=C(C)N=3)cc1. The Morgan fingerprint density at radius 3 is 2.43 bits per heavy atom. The van der Waals surface area contributed by atoms with E-state index in [1.54, 1.807) is 35.9 Å². The molecule has 6 rings (SSSR count). The number of hydrogen-bond acceptors (Lipinski definition) is 10. The average Bonchev–Trinajstić information content (AvgIpc) is 3.67. The third-order valence-electron chi connectivity index (χ3n) is 7.83. The van der Waals surface area contributed by atoms with Crippen LogP contribution in [0.25, 0.3) is 23.0 Å². The van der Waals surface area contributed by atoms with Gasteiger partial charge in [-0.1, -0.05) is 42.5 Å². The molecule has 5 aromatic rings. The number of ether oxygens (including phenoxy) is 4. The number of rotatable bonds is 10. The molecule has 2 aromatic heterocycles. The number of esters is 2. The molecule has 0 bridgehead atoms. The molecule has 0 radical (unpaired) electrons. The van der Waals surface area contributed by atoms with Crippen molar-refractivity contribution in [3.8, 4) is 34.2 Å². The number of thiazole rings is 1. The van der Waals surface area contributed by atoms with Crippen molar-refractivity contribution >= 4 is 29.4 Å². The fourth-order valence-corrected chi connectivity index (χ4v) is 6.64. The predicted molar refractivity (Wildman–Crippen MR) is 185 cm³/mol. The highest BCUT2D eigenvalue weighted by atomic mass is 32.1. The average molecular weight is 679 g/mol. The summed E-state index contributed by atoms with van der Waals surface area (Å²) in [5, 5.41) is 4.92. The Hall–Kier alpha value is -5.75. The first-order valence-corrected chi connectivity index (χ1v) is 16.4. The highest BCUT2D eigenvalue weighted by Gasteiger charge is 2.34. The lowest BCUT2D eigenvalue weighted by atomic mass is 9.95. The predicted octanol–water partition coefficient (Wildman–Crippen LogP) is 4.98. The molecule has 1 aliphatic rings. The van der Waals surface area contributed by atoms with Gasteiger partial charge in [0.2, 0.25) is 0 Å². The zero-order valence-electron chi connectivity index (χ0n) is 27.6. The minimum Gasteiger partial charge on any atom is -0.494 e. The standard InChI is InChI=1S/C37H34N4O7S/c1-6-18-47-28-15-12-24(13-16-28)33-26(21-40(39-33)27-10-8-7-9-11-27)20-31-35(43)41-34(32(36(44)46-5)22(2)38-37(41)49-31)25-14-17-29(48-23(3)42)30(19-25)45-4/h7-17,19-21,34H,6,18H2,1-5H3/b31-20+/t34-/m1/s1. The third kappa shape index (κ3) is 6.68. The van der Waals surface area contributed by atoms with Crippen LogP contribution < -0.4 is 29.1 Å². The molecule has 11 nitrogen and oxygen atoms in total. The van der Waals surface area contributed by atoms with Gasteiger partial charge in [0.1, 0.15) is 11.4 Å². The molecule has 0 N–H and O–H groups in total. The molecule has 0 aliphatic carbocycles. The zero-order valence-corrected chi connectivity index (χ0v) is 28.4. The summed E-state index contributed by atoms with van der Waals surface area (Å²) < 4.78 is 25.4. The maximum absolute atomic E-state index is 14.4. The Balaban J connectivity index is 1.52. The summed E-state index contributed by atoms with van der Waals surface area (Å²) >= 11 is 1.21. The normalized spacial score (nSPS) is 14.2. The van der Waals surface area contributed by atoms with E-state index in [4.69, 9.17) is 24.0 Å². The maximum Gasteiger partial charge on any atom is 0.338 e. The van der Waals surface area contributed by atoms with Crippen LogP contribution in [0.5, 0.6) is 17.2 Å². The summed E-state index contributed by atoms with van der Waals surface area (Å²) in [5.74, 6) is 0.0940. The summed E-state index contributed by atoms with van der Waals surface area (Å²) in [7, 11) is 2.72. The number of carbonyl (C=O) groups is 2. The van der Waals surface area contributed by atoms with Gasteiger partial charge in [0, 0.05) is 24.2 Å². The number of fused-ring (bicyclic) bond motifs is 1. The molecule has 0 spiro atoms. The molecule has 0 saturated heterocycles. The minimum absolute atomic E-state index is 0.201. The van der Waals surface area contributed by atoms with Crippen LogP contribution >= 0.6 is 11.3 Å². The van der Waals surface area contributed by atoms with Crippen molar-refractivity contribution < 1.29 is 28.5 Å². The van der Waals surface area contributed by atoms with Crippen LogP contribution in [0.2, 0.25) is 0 Å². The van der Waals surface area contributed by atoms with Gasteiger partial charge in [0.25, 0.3) is 5.56 Å². The molecule has 1 atom stereocenters. The molecule has 0 saturated carbocycles. The van der Waals surface area contributed by atoms with Crippen LogP contribution in [-0.4, -0.2) is 47.1 Å². The number of methoxy groups -OCH3 is 2. The maximum atomic E-state index is 14.4. The number of aromatic nitrogens is 3. The molecule has 49 heavy (non-hydrogen) atoms. The first-order chi connectivity index (χ1) is 23.7. The second-order valence-electron chi connectivity index (χ2n) is 11.2. The number of carbonyl (C=O) groups excluding carboxylic acids is 2. The van der Waals surface area contributed by atoms with E-state index >= 15 is 0 Å². The van der Waals surface area contributed by atoms with Crippen molar-refractivity contribution in [3.63, 3.8) is 0 Å². The number of nitrogens with zero attached hydrogens (tertiary/aromatic N) is 4. The largest absolute Gasteiger partial charge is 0.494 e. The minimum atomic E-state index is -0.895. The highest BCUT2D eigenvalue weighted by Crippen LogP contribution is 2.36. The first-order valence-electron chi connectivity index (χ1n) is 15.6. The lowest BCUT2D eigenvalue weighted by Gasteiger charge is -2.25. The third-order valence-corrected chi connectivity index (χ3v) is 8.82. The highest BCUT2D eigenvalue weighted by molar-refractivity contribution is 7.07. The van der Waals surface area contributed by atoms with E-state index in [0.29, 0.717) is 38.5 Å². The smallest absolute Gasteiger partial charge is 0.338 e. The van der Waals surface area contributed by atoms with Crippen molar-refractivity contribution in [1.29, 1.82) is 0 Å². The van der Waals surface area contributed by atoms with Crippen molar-refractivity contribution in [2.24, 2.45) is 4.99 Å². The molecule has 12 heteroatoms. The van der Waals surface area contributed by atoms with Crippen LogP contribution in [0.3, 0.4) is 0 Å². The van der Waals surface area contributed by atoms with Gasteiger partial charge in [-0.3, -0.25) is 14.2 Å². The van der Waals surface area contributed by atoms with Crippen LogP contribution in [0.1, 0.15) is 44.4 Å². The van der Waals surface area contributed by atoms with E-state index in [1.807, 2.05) is 60.8 Å². The van der Waals surface area contributed by atoms with Gasteiger partial charge in [0.15, 0.2) is 16.3 Å². The number of benzene rings is 3. The van der Waals surface area contributed by atoms with Gasteiger partial charge >= 0.3 is 11.9 Å². The van der Waals surface area contributed by atoms with Gasteiger partial charge in [-0.25, -0.2) is 14.5 Å². The van der Waals surface area contributed by atoms with E-state index in [2.05, 4.69) is 11.9 Å². The Kier molecular flexibility index (Phi) is 9.58. The van der Waals surface area contributed by atoms with Crippen LogP contribution in [0.15, 0.2) is 100 Å². The molecule has 250 valence electrons. The van der Waals surface area contributed by atoms with Crippen LogP contribution in [0.4, 0.5) is 0 Å². The van der Waals surface area contributed by atoms with Crippen LogP contribution in [-0.2, 0) is 14.3 Å². The molecule has 0 amide bonds. The van der Waals surface area contributed by atoms with E-state index in [9.17, 15) is 14.4 Å². The Morgan fingerprint density at radius 2 is 1.76 bits per heavy atom. The zero-order chi connectivity index (χ0) is 34.7. The number of para-hydroxylation sites is 1. The van der Waals surface area contributed by atoms with Crippen molar-refractivity contribution in [3.05, 3.63) is 121 Å². The summed E-state index contributed by atoms with van der Waals surface area (Å²) in [4.78, 5) is 44.3. The van der Waals surface area contributed by atoms with Crippen molar-refractivity contribution in [2.75, 3.05) is 20.8 Å². The molecular weight excluding hydrogens is 644 g/mol. The molecule has 1 aliphatic heterocycles.